The Balaban J connectivity index is 2.11. The molecule has 16 heavy (non-hydrogen) atoms. The molecule has 2 fully saturated rings. The molecule has 92 valence electrons. The molecule has 2 aliphatic rings. The van der Waals surface area contributed by atoms with Crippen LogP contribution >= 0.6 is 0 Å². The largest absolute Gasteiger partial charge is 0.374 e. The van der Waals surface area contributed by atoms with Crippen LogP contribution in [-0.4, -0.2) is 36.0 Å². The number of hydrogen-bond donors (Lipinski definition) is 1. The lowest BCUT2D eigenvalue weighted by molar-refractivity contribution is -0.0662. The van der Waals surface area contributed by atoms with Crippen LogP contribution < -0.4 is 0 Å². The van der Waals surface area contributed by atoms with E-state index in [1.807, 2.05) is 0 Å². The SMILES string of the molecule is CC(C)(C)C(=N)N1CCOC2CCCCC21. The van der Waals surface area contributed by atoms with Gasteiger partial charge in [-0.15, -0.1) is 0 Å². The van der Waals surface area contributed by atoms with E-state index < -0.39 is 0 Å². The zero-order valence-electron chi connectivity index (χ0n) is 10.8. The molecule has 1 heterocycles. The molecule has 0 spiro atoms. The predicted molar refractivity (Wildman–Crippen MR) is 65.9 cm³/mol. The molecule has 0 bridgehead atoms. The van der Waals surface area contributed by atoms with Gasteiger partial charge in [-0.1, -0.05) is 33.6 Å². The van der Waals surface area contributed by atoms with Gasteiger partial charge in [0, 0.05) is 12.0 Å². The minimum Gasteiger partial charge on any atom is -0.374 e. The number of nitrogens with zero attached hydrogens (tertiary/aromatic N) is 1. The first-order valence-corrected chi connectivity index (χ1v) is 6.47. The topological polar surface area (TPSA) is 36.3 Å². The lowest BCUT2D eigenvalue weighted by Crippen LogP contribution is -2.57. The van der Waals surface area contributed by atoms with Crippen LogP contribution in [0.4, 0.5) is 0 Å². The molecule has 2 rings (SSSR count). The number of fused-ring (bicyclic) bond motifs is 1. The van der Waals surface area contributed by atoms with Gasteiger partial charge < -0.3 is 9.64 Å². The third-order valence-electron chi connectivity index (χ3n) is 3.73. The van der Waals surface area contributed by atoms with Crippen molar-refractivity contribution < 1.29 is 4.74 Å². The molecule has 1 saturated carbocycles. The van der Waals surface area contributed by atoms with Crippen molar-refractivity contribution in [2.75, 3.05) is 13.2 Å². The smallest absolute Gasteiger partial charge is 0.102 e. The fourth-order valence-electron chi connectivity index (χ4n) is 2.80. The van der Waals surface area contributed by atoms with Crippen molar-refractivity contribution in [3.8, 4) is 0 Å². The van der Waals surface area contributed by atoms with Crippen LogP contribution in [0.2, 0.25) is 0 Å². The fraction of sp³-hybridized carbons (Fsp3) is 0.923. The van der Waals surface area contributed by atoms with Gasteiger partial charge in [0.1, 0.15) is 5.84 Å². The zero-order valence-corrected chi connectivity index (χ0v) is 10.8. The summed E-state index contributed by atoms with van der Waals surface area (Å²) >= 11 is 0. The van der Waals surface area contributed by atoms with Gasteiger partial charge >= 0.3 is 0 Å². The van der Waals surface area contributed by atoms with Crippen molar-refractivity contribution in [3.63, 3.8) is 0 Å². The van der Waals surface area contributed by atoms with Gasteiger partial charge in [-0.3, -0.25) is 5.41 Å². The quantitative estimate of drug-likeness (QED) is 0.507. The van der Waals surface area contributed by atoms with E-state index in [0.29, 0.717) is 12.1 Å². The Hall–Kier alpha value is -0.570. The van der Waals surface area contributed by atoms with Crippen molar-refractivity contribution in [1.82, 2.24) is 4.90 Å². The number of amidine groups is 1. The molecule has 1 aliphatic heterocycles. The minimum atomic E-state index is -0.0423. The summed E-state index contributed by atoms with van der Waals surface area (Å²) in [5, 5.41) is 8.33. The number of rotatable bonds is 0. The lowest BCUT2D eigenvalue weighted by atomic mass is 9.87. The maximum Gasteiger partial charge on any atom is 0.102 e. The second kappa shape index (κ2) is 4.36. The Morgan fingerprint density at radius 2 is 1.94 bits per heavy atom. The minimum absolute atomic E-state index is 0.0423. The average Bonchev–Trinajstić information content (AvgIpc) is 2.26. The van der Waals surface area contributed by atoms with Crippen LogP contribution in [-0.2, 0) is 4.74 Å². The first-order valence-electron chi connectivity index (χ1n) is 6.47. The van der Waals surface area contributed by atoms with Crippen molar-refractivity contribution in [2.24, 2.45) is 5.41 Å². The first-order chi connectivity index (χ1) is 7.50. The summed E-state index contributed by atoms with van der Waals surface area (Å²) in [5.74, 6) is 0.785. The maximum absolute atomic E-state index is 8.33. The maximum atomic E-state index is 8.33. The van der Waals surface area contributed by atoms with Gasteiger partial charge in [-0.25, -0.2) is 0 Å². The second-order valence-electron chi connectivity index (χ2n) is 6.05. The van der Waals surface area contributed by atoms with E-state index in [9.17, 15) is 0 Å². The van der Waals surface area contributed by atoms with Crippen molar-refractivity contribution in [1.29, 1.82) is 5.41 Å². The van der Waals surface area contributed by atoms with E-state index in [1.54, 1.807) is 0 Å². The van der Waals surface area contributed by atoms with E-state index in [2.05, 4.69) is 25.7 Å². The highest BCUT2D eigenvalue weighted by atomic mass is 16.5. The zero-order chi connectivity index (χ0) is 11.8. The standard InChI is InChI=1S/C13H24N2O/c1-13(2,3)12(14)15-8-9-16-11-7-5-4-6-10(11)15/h10-11,14H,4-9H2,1-3H3. The van der Waals surface area contributed by atoms with E-state index in [0.717, 1.165) is 19.0 Å². The van der Waals surface area contributed by atoms with Gasteiger partial charge in [0.2, 0.25) is 0 Å². The summed E-state index contributed by atoms with van der Waals surface area (Å²) in [6.07, 6.45) is 5.34. The highest BCUT2D eigenvalue weighted by Crippen LogP contribution is 2.31. The summed E-state index contributed by atoms with van der Waals surface area (Å²) in [6.45, 7) is 8.07. The fourth-order valence-corrected chi connectivity index (χ4v) is 2.80. The Morgan fingerprint density at radius 3 is 2.62 bits per heavy atom. The molecule has 2 unspecified atom stereocenters. The molecule has 3 nitrogen and oxygen atoms in total. The highest BCUT2D eigenvalue weighted by molar-refractivity contribution is 5.84. The van der Waals surface area contributed by atoms with E-state index >= 15 is 0 Å². The van der Waals surface area contributed by atoms with Gasteiger partial charge in [-0.05, 0) is 12.8 Å². The Bertz CT molecular complexity index is 268. The van der Waals surface area contributed by atoms with Crippen LogP contribution in [0.5, 0.6) is 0 Å². The van der Waals surface area contributed by atoms with Crippen LogP contribution in [0.25, 0.3) is 0 Å². The third-order valence-corrected chi connectivity index (χ3v) is 3.73. The molecular weight excluding hydrogens is 200 g/mol. The number of nitrogens with one attached hydrogen (secondary N) is 1. The van der Waals surface area contributed by atoms with E-state index in [4.69, 9.17) is 10.1 Å². The van der Waals surface area contributed by atoms with Gasteiger partial charge in [0.05, 0.1) is 18.8 Å². The number of hydrogen-bond acceptors (Lipinski definition) is 2. The molecular formula is C13H24N2O. The monoisotopic (exact) mass is 224 g/mol. The molecule has 3 heteroatoms. The summed E-state index contributed by atoms with van der Waals surface area (Å²) in [7, 11) is 0. The van der Waals surface area contributed by atoms with E-state index in [1.165, 1.54) is 25.7 Å². The Labute approximate surface area is 98.7 Å². The number of ether oxygens (including phenoxy) is 1. The third kappa shape index (κ3) is 2.24. The molecule has 1 saturated heterocycles. The van der Waals surface area contributed by atoms with Gasteiger partial charge in [0.15, 0.2) is 0 Å². The second-order valence-corrected chi connectivity index (χ2v) is 6.05. The molecule has 0 amide bonds. The van der Waals surface area contributed by atoms with Crippen molar-refractivity contribution >= 4 is 5.84 Å². The summed E-state index contributed by atoms with van der Waals surface area (Å²) in [6, 6.07) is 0.467. The molecule has 0 aromatic rings. The predicted octanol–water partition coefficient (Wildman–Crippen LogP) is 2.65. The Kier molecular flexibility index (Phi) is 3.24. The Morgan fingerprint density at radius 1 is 1.25 bits per heavy atom. The van der Waals surface area contributed by atoms with Crippen LogP contribution in [0, 0.1) is 10.8 Å². The summed E-state index contributed by atoms with van der Waals surface area (Å²) in [4.78, 5) is 2.30. The average molecular weight is 224 g/mol. The molecule has 2 atom stereocenters. The summed E-state index contributed by atoms with van der Waals surface area (Å²) in [5.41, 5.74) is -0.0423. The normalized spacial score (nSPS) is 31.1. The molecule has 1 aliphatic carbocycles. The van der Waals surface area contributed by atoms with Crippen LogP contribution in [0.1, 0.15) is 46.5 Å². The highest BCUT2D eigenvalue weighted by Gasteiger charge is 2.37. The molecule has 0 aromatic heterocycles. The summed E-state index contributed by atoms with van der Waals surface area (Å²) < 4.78 is 5.84. The van der Waals surface area contributed by atoms with Gasteiger partial charge in [0.25, 0.3) is 0 Å². The number of morpholine rings is 1. The first kappa shape index (κ1) is 11.9. The van der Waals surface area contributed by atoms with E-state index in [-0.39, 0.29) is 5.41 Å². The molecule has 0 aromatic carbocycles. The molecule has 0 radical (unpaired) electrons. The van der Waals surface area contributed by atoms with Crippen LogP contribution in [0.15, 0.2) is 0 Å². The van der Waals surface area contributed by atoms with Crippen LogP contribution in [0.3, 0.4) is 0 Å². The van der Waals surface area contributed by atoms with Gasteiger partial charge in [-0.2, -0.15) is 0 Å². The lowest BCUT2D eigenvalue weighted by Gasteiger charge is -2.47. The molecule has 1 N–H and O–H groups in total. The van der Waals surface area contributed by atoms with Crippen molar-refractivity contribution in [2.45, 2.75) is 58.6 Å². The van der Waals surface area contributed by atoms with Crippen molar-refractivity contribution in [3.05, 3.63) is 0 Å².